The molecule has 6 heteroatoms. The zero-order valence-corrected chi connectivity index (χ0v) is 14.7. The molecule has 0 heterocycles. The number of halogens is 1. The van der Waals surface area contributed by atoms with E-state index in [0.29, 0.717) is 10.7 Å². The number of hydrogen-bond donors (Lipinski definition) is 3. The molecular weight excluding hydrogens is 338 g/mol. The Balaban J connectivity index is 1.57. The third kappa shape index (κ3) is 4.73. The van der Waals surface area contributed by atoms with Gasteiger partial charge >= 0.3 is 0 Å². The smallest absolute Gasteiger partial charge is 0.243 e. The summed E-state index contributed by atoms with van der Waals surface area (Å²) in [5.74, 6) is 0.0658. The number of anilines is 3. The zero-order chi connectivity index (χ0) is 17.8. The van der Waals surface area contributed by atoms with Crippen LogP contribution in [0, 0.1) is 12.8 Å². The summed E-state index contributed by atoms with van der Waals surface area (Å²) >= 11 is 5.83. The molecule has 130 valence electrons. The molecule has 2 aromatic rings. The fourth-order valence-corrected chi connectivity index (χ4v) is 2.58. The van der Waals surface area contributed by atoms with E-state index in [4.69, 9.17) is 11.6 Å². The summed E-state index contributed by atoms with van der Waals surface area (Å²) in [6.45, 7) is 2.05. The van der Waals surface area contributed by atoms with Gasteiger partial charge in [0.2, 0.25) is 11.8 Å². The van der Waals surface area contributed by atoms with Gasteiger partial charge in [0.05, 0.1) is 6.54 Å². The topological polar surface area (TPSA) is 70.2 Å². The predicted molar refractivity (Wildman–Crippen MR) is 101 cm³/mol. The van der Waals surface area contributed by atoms with Crippen LogP contribution >= 0.6 is 11.6 Å². The molecule has 0 saturated heterocycles. The molecule has 3 rings (SSSR count). The first-order chi connectivity index (χ1) is 12.0. The van der Waals surface area contributed by atoms with Crippen molar-refractivity contribution in [3.8, 4) is 0 Å². The van der Waals surface area contributed by atoms with Crippen LogP contribution in [0.1, 0.15) is 18.4 Å². The average Bonchev–Trinajstić information content (AvgIpc) is 3.43. The lowest BCUT2D eigenvalue weighted by atomic mass is 10.1. The SMILES string of the molecule is Cc1c(NCC(=O)Nc2ccc(Cl)cc2)cccc1NC(=O)C1CC1. The second kappa shape index (κ2) is 7.57. The molecule has 0 unspecified atom stereocenters. The van der Waals surface area contributed by atoms with Crippen molar-refractivity contribution in [1.82, 2.24) is 0 Å². The van der Waals surface area contributed by atoms with Crippen molar-refractivity contribution in [2.75, 3.05) is 22.5 Å². The molecule has 1 aliphatic rings. The van der Waals surface area contributed by atoms with Gasteiger partial charge in [0.25, 0.3) is 0 Å². The highest BCUT2D eigenvalue weighted by Gasteiger charge is 2.29. The number of rotatable bonds is 6. The van der Waals surface area contributed by atoms with Crippen LogP contribution in [-0.4, -0.2) is 18.4 Å². The van der Waals surface area contributed by atoms with Crippen LogP contribution < -0.4 is 16.0 Å². The maximum Gasteiger partial charge on any atom is 0.243 e. The molecule has 2 amide bonds. The first-order valence-electron chi connectivity index (χ1n) is 8.22. The first kappa shape index (κ1) is 17.3. The molecule has 1 saturated carbocycles. The van der Waals surface area contributed by atoms with Gasteiger partial charge in [-0.05, 0) is 61.7 Å². The summed E-state index contributed by atoms with van der Waals surface area (Å²) in [7, 11) is 0. The monoisotopic (exact) mass is 357 g/mol. The third-order valence-corrected chi connectivity index (χ3v) is 4.36. The predicted octanol–water partition coefficient (Wildman–Crippen LogP) is 4.05. The van der Waals surface area contributed by atoms with Crippen molar-refractivity contribution < 1.29 is 9.59 Å². The molecule has 0 atom stereocenters. The maximum atomic E-state index is 12.1. The highest BCUT2D eigenvalue weighted by Crippen LogP contribution is 2.31. The lowest BCUT2D eigenvalue weighted by Crippen LogP contribution is -2.22. The molecule has 0 aromatic heterocycles. The van der Waals surface area contributed by atoms with E-state index in [-0.39, 0.29) is 24.3 Å². The van der Waals surface area contributed by atoms with Crippen molar-refractivity contribution in [3.05, 3.63) is 53.1 Å². The Labute approximate surface area is 151 Å². The van der Waals surface area contributed by atoms with Gasteiger partial charge in [0.1, 0.15) is 0 Å². The third-order valence-electron chi connectivity index (χ3n) is 4.11. The molecule has 3 N–H and O–H groups in total. The highest BCUT2D eigenvalue weighted by atomic mass is 35.5. The normalized spacial score (nSPS) is 13.2. The van der Waals surface area contributed by atoms with Crippen molar-refractivity contribution in [2.45, 2.75) is 19.8 Å². The van der Waals surface area contributed by atoms with Gasteiger partial charge in [0.15, 0.2) is 0 Å². The Morgan fingerprint density at radius 3 is 2.40 bits per heavy atom. The van der Waals surface area contributed by atoms with Crippen LogP contribution in [0.5, 0.6) is 0 Å². The summed E-state index contributed by atoms with van der Waals surface area (Å²) in [6.07, 6.45) is 1.93. The van der Waals surface area contributed by atoms with Gasteiger partial charge < -0.3 is 16.0 Å². The van der Waals surface area contributed by atoms with E-state index in [1.165, 1.54) is 0 Å². The Bertz CT molecular complexity index is 786. The number of nitrogens with one attached hydrogen (secondary N) is 3. The van der Waals surface area contributed by atoms with E-state index >= 15 is 0 Å². The van der Waals surface area contributed by atoms with Gasteiger partial charge in [-0.3, -0.25) is 9.59 Å². The summed E-state index contributed by atoms with van der Waals surface area (Å²) < 4.78 is 0. The fourth-order valence-electron chi connectivity index (χ4n) is 2.46. The molecule has 1 aliphatic carbocycles. The lowest BCUT2D eigenvalue weighted by Gasteiger charge is -2.14. The van der Waals surface area contributed by atoms with Crippen LogP contribution in [0.25, 0.3) is 0 Å². The number of hydrogen-bond acceptors (Lipinski definition) is 3. The van der Waals surface area contributed by atoms with Crippen LogP contribution in [0.4, 0.5) is 17.1 Å². The molecule has 0 bridgehead atoms. The van der Waals surface area contributed by atoms with Gasteiger partial charge in [-0.15, -0.1) is 0 Å². The maximum absolute atomic E-state index is 12.1. The Hall–Kier alpha value is -2.53. The number of benzene rings is 2. The van der Waals surface area contributed by atoms with Crippen molar-refractivity contribution in [1.29, 1.82) is 0 Å². The molecular formula is C19H20ClN3O2. The minimum Gasteiger partial charge on any atom is -0.376 e. The van der Waals surface area contributed by atoms with Gasteiger partial charge in [-0.2, -0.15) is 0 Å². The average molecular weight is 358 g/mol. The van der Waals surface area contributed by atoms with Crippen molar-refractivity contribution in [2.24, 2.45) is 5.92 Å². The summed E-state index contributed by atoms with van der Waals surface area (Å²) in [6, 6.07) is 12.6. The summed E-state index contributed by atoms with van der Waals surface area (Å²) in [5.41, 5.74) is 3.20. The van der Waals surface area contributed by atoms with Gasteiger partial charge in [-0.1, -0.05) is 17.7 Å². The second-order valence-corrected chi connectivity index (χ2v) is 6.59. The molecule has 5 nitrogen and oxygen atoms in total. The van der Waals surface area contributed by atoms with Crippen LogP contribution in [0.2, 0.25) is 5.02 Å². The first-order valence-corrected chi connectivity index (χ1v) is 8.60. The number of carbonyl (C=O) groups is 2. The summed E-state index contributed by atoms with van der Waals surface area (Å²) in [4.78, 5) is 24.0. The minimum atomic E-state index is -0.158. The second-order valence-electron chi connectivity index (χ2n) is 6.15. The molecule has 1 fully saturated rings. The number of carbonyl (C=O) groups excluding carboxylic acids is 2. The lowest BCUT2D eigenvalue weighted by molar-refractivity contribution is -0.117. The minimum absolute atomic E-state index is 0.0701. The standard InChI is InChI=1S/C19H20ClN3O2/c1-12-16(3-2-4-17(12)23-19(25)13-5-6-13)21-11-18(24)22-15-9-7-14(20)8-10-15/h2-4,7-10,13,21H,5-6,11H2,1H3,(H,22,24)(H,23,25). The molecule has 2 aromatic carbocycles. The van der Waals surface area contributed by atoms with E-state index in [1.807, 2.05) is 25.1 Å². The Kier molecular flexibility index (Phi) is 5.24. The molecule has 0 radical (unpaired) electrons. The molecule has 25 heavy (non-hydrogen) atoms. The fraction of sp³-hybridized carbons (Fsp3) is 0.263. The van der Waals surface area contributed by atoms with Crippen molar-refractivity contribution >= 4 is 40.5 Å². The van der Waals surface area contributed by atoms with Crippen molar-refractivity contribution in [3.63, 3.8) is 0 Å². The van der Waals surface area contributed by atoms with E-state index in [2.05, 4.69) is 16.0 Å². The van der Waals surface area contributed by atoms with Crippen LogP contribution in [-0.2, 0) is 9.59 Å². The molecule has 0 aliphatic heterocycles. The van der Waals surface area contributed by atoms with Crippen LogP contribution in [0.15, 0.2) is 42.5 Å². The zero-order valence-electron chi connectivity index (χ0n) is 13.9. The van der Waals surface area contributed by atoms with E-state index in [0.717, 1.165) is 29.8 Å². The largest absolute Gasteiger partial charge is 0.376 e. The Morgan fingerprint density at radius 2 is 1.72 bits per heavy atom. The van der Waals surface area contributed by atoms with E-state index in [1.54, 1.807) is 24.3 Å². The van der Waals surface area contributed by atoms with Gasteiger partial charge in [-0.25, -0.2) is 0 Å². The van der Waals surface area contributed by atoms with Crippen LogP contribution in [0.3, 0.4) is 0 Å². The van der Waals surface area contributed by atoms with E-state index < -0.39 is 0 Å². The van der Waals surface area contributed by atoms with Gasteiger partial charge in [0, 0.05) is 28.0 Å². The quantitative estimate of drug-likeness (QED) is 0.730. The summed E-state index contributed by atoms with van der Waals surface area (Å²) in [5, 5.41) is 9.49. The molecule has 0 spiro atoms. The Morgan fingerprint density at radius 1 is 1.04 bits per heavy atom. The highest BCUT2D eigenvalue weighted by molar-refractivity contribution is 6.30. The number of amides is 2. The van der Waals surface area contributed by atoms with E-state index in [9.17, 15) is 9.59 Å².